The van der Waals surface area contributed by atoms with E-state index in [1.807, 2.05) is 0 Å². The Labute approximate surface area is 108 Å². The van der Waals surface area contributed by atoms with Gasteiger partial charge in [-0.15, -0.1) is 0 Å². The Morgan fingerprint density at radius 3 is 2.39 bits per heavy atom. The summed E-state index contributed by atoms with van der Waals surface area (Å²) in [7, 11) is 0. The van der Waals surface area contributed by atoms with E-state index in [-0.39, 0.29) is 6.10 Å². The third-order valence-electron chi connectivity index (χ3n) is 3.99. The van der Waals surface area contributed by atoms with E-state index in [0.717, 1.165) is 18.4 Å². The highest BCUT2D eigenvalue weighted by atomic mass is 16.3. The van der Waals surface area contributed by atoms with Crippen LogP contribution in [-0.4, -0.2) is 5.11 Å². The number of aryl methyl sites for hydroxylation is 2. The molecule has 3 rings (SSSR count). The van der Waals surface area contributed by atoms with Crippen LogP contribution >= 0.6 is 0 Å². The molecule has 1 aliphatic rings. The zero-order chi connectivity index (χ0) is 12.7. The molecule has 1 atom stereocenters. The highest BCUT2D eigenvalue weighted by Crippen LogP contribution is 2.39. The molecule has 0 saturated heterocycles. The molecule has 1 N–H and O–H groups in total. The summed E-state index contributed by atoms with van der Waals surface area (Å²) >= 11 is 0. The molecular weight excluding hydrogens is 220 g/mol. The van der Waals surface area contributed by atoms with E-state index in [2.05, 4.69) is 50.2 Å². The minimum absolute atomic E-state index is 0.274. The van der Waals surface area contributed by atoms with E-state index < -0.39 is 0 Å². The zero-order valence-electron chi connectivity index (χ0n) is 10.9. The molecule has 1 aliphatic carbocycles. The molecule has 1 unspecified atom stereocenters. The summed E-state index contributed by atoms with van der Waals surface area (Å²) in [6, 6.07) is 12.7. The lowest BCUT2D eigenvalue weighted by atomic mass is 9.91. The van der Waals surface area contributed by atoms with Gasteiger partial charge < -0.3 is 5.11 Å². The van der Waals surface area contributed by atoms with Gasteiger partial charge in [-0.3, -0.25) is 0 Å². The Bertz CT molecular complexity index is 578. The van der Waals surface area contributed by atoms with Crippen molar-refractivity contribution in [2.45, 2.75) is 32.8 Å². The van der Waals surface area contributed by atoms with Crippen molar-refractivity contribution >= 4 is 0 Å². The molecule has 92 valence electrons. The van der Waals surface area contributed by atoms with Gasteiger partial charge in [0.25, 0.3) is 0 Å². The van der Waals surface area contributed by atoms with E-state index in [4.69, 9.17) is 0 Å². The summed E-state index contributed by atoms with van der Waals surface area (Å²) < 4.78 is 0. The molecule has 1 heteroatoms. The Kier molecular flexibility index (Phi) is 2.71. The average molecular weight is 238 g/mol. The fraction of sp³-hybridized carbons (Fsp3) is 0.294. The van der Waals surface area contributed by atoms with Crippen molar-refractivity contribution in [3.05, 3.63) is 58.7 Å². The van der Waals surface area contributed by atoms with Gasteiger partial charge in [0, 0.05) is 0 Å². The minimum Gasteiger partial charge on any atom is -0.388 e. The second-order valence-corrected chi connectivity index (χ2v) is 5.19. The summed E-state index contributed by atoms with van der Waals surface area (Å²) in [5, 5.41) is 9.99. The molecule has 0 spiro atoms. The van der Waals surface area contributed by atoms with Crippen LogP contribution in [0.25, 0.3) is 11.1 Å². The van der Waals surface area contributed by atoms with Crippen molar-refractivity contribution in [3.8, 4) is 11.1 Å². The fourth-order valence-corrected chi connectivity index (χ4v) is 3.11. The quantitative estimate of drug-likeness (QED) is 0.797. The lowest BCUT2D eigenvalue weighted by molar-refractivity contribution is 0.180. The van der Waals surface area contributed by atoms with Crippen molar-refractivity contribution in [1.82, 2.24) is 0 Å². The molecule has 0 aromatic heterocycles. The molecule has 0 fully saturated rings. The first-order valence-corrected chi connectivity index (χ1v) is 6.55. The average Bonchev–Trinajstić information content (AvgIpc) is 2.72. The van der Waals surface area contributed by atoms with E-state index in [0.29, 0.717) is 0 Å². The molecule has 0 amide bonds. The van der Waals surface area contributed by atoms with Crippen molar-refractivity contribution < 1.29 is 5.11 Å². The maximum Gasteiger partial charge on any atom is 0.0796 e. The maximum atomic E-state index is 9.99. The second-order valence-electron chi connectivity index (χ2n) is 5.19. The first-order valence-electron chi connectivity index (χ1n) is 6.55. The predicted molar refractivity (Wildman–Crippen MR) is 74.6 cm³/mol. The third kappa shape index (κ3) is 1.67. The van der Waals surface area contributed by atoms with Gasteiger partial charge in [-0.1, -0.05) is 36.4 Å². The molecule has 0 bridgehead atoms. The molecule has 1 nitrogen and oxygen atoms in total. The van der Waals surface area contributed by atoms with E-state index in [1.165, 1.54) is 27.8 Å². The van der Waals surface area contributed by atoms with Gasteiger partial charge in [0.2, 0.25) is 0 Å². The first-order chi connectivity index (χ1) is 8.68. The smallest absolute Gasteiger partial charge is 0.0796 e. The van der Waals surface area contributed by atoms with Gasteiger partial charge in [-0.25, -0.2) is 0 Å². The molecule has 2 aromatic carbocycles. The highest BCUT2D eigenvalue weighted by Gasteiger charge is 2.23. The van der Waals surface area contributed by atoms with Crippen LogP contribution in [0.3, 0.4) is 0 Å². The number of benzene rings is 2. The normalized spacial score (nSPS) is 17.8. The Balaban J connectivity index is 2.25. The fourth-order valence-electron chi connectivity index (χ4n) is 3.11. The Morgan fingerprint density at radius 2 is 1.67 bits per heavy atom. The predicted octanol–water partition coefficient (Wildman–Crippen LogP) is 3.95. The van der Waals surface area contributed by atoms with Crippen molar-refractivity contribution in [2.24, 2.45) is 0 Å². The van der Waals surface area contributed by atoms with Crippen LogP contribution in [0.5, 0.6) is 0 Å². The number of aliphatic hydroxyl groups excluding tert-OH is 1. The minimum atomic E-state index is -0.274. The molecule has 0 saturated carbocycles. The summed E-state index contributed by atoms with van der Waals surface area (Å²) in [5.41, 5.74) is 7.72. The van der Waals surface area contributed by atoms with Crippen LogP contribution in [0.1, 0.15) is 34.8 Å². The Hall–Kier alpha value is -1.60. The molecule has 2 aromatic rings. The van der Waals surface area contributed by atoms with Crippen molar-refractivity contribution in [2.75, 3.05) is 0 Å². The van der Waals surface area contributed by atoms with Crippen LogP contribution in [0, 0.1) is 13.8 Å². The summed E-state index contributed by atoms with van der Waals surface area (Å²) in [6.07, 6.45) is 1.57. The molecule has 18 heavy (non-hydrogen) atoms. The molecule has 0 radical (unpaired) electrons. The van der Waals surface area contributed by atoms with Crippen molar-refractivity contribution in [1.29, 1.82) is 0 Å². The number of hydrogen-bond donors (Lipinski definition) is 1. The second kappa shape index (κ2) is 4.25. The van der Waals surface area contributed by atoms with E-state index in [9.17, 15) is 5.11 Å². The largest absolute Gasteiger partial charge is 0.388 e. The topological polar surface area (TPSA) is 20.2 Å². The molecular formula is C17H18O. The zero-order valence-corrected chi connectivity index (χ0v) is 10.9. The van der Waals surface area contributed by atoms with Crippen LogP contribution in [0.2, 0.25) is 0 Å². The van der Waals surface area contributed by atoms with Gasteiger partial charge in [-0.2, -0.15) is 0 Å². The third-order valence-corrected chi connectivity index (χ3v) is 3.99. The highest BCUT2D eigenvalue weighted by molar-refractivity contribution is 5.75. The monoisotopic (exact) mass is 238 g/mol. The van der Waals surface area contributed by atoms with E-state index in [1.54, 1.807) is 0 Å². The lowest BCUT2D eigenvalue weighted by Crippen LogP contribution is -1.94. The van der Waals surface area contributed by atoms with Gasteiger partial charge in [-0.05, 0) is 60.1 Å². The summed E-state index contributed by atoms with van der Waals surface area (Å²) in [4.78, 5) is 0. The van der Waals surface area contributed by atoms with Gasteiger partial charge in [0.1, 0.15) is 0 Å². The van der Waals surface area contributed by atoms with Gasteiger partial charge in [0.05, 0.1) is 6.10 Å². The molecule has 0 heterocycles. The van der Waals surface area contributed by atoms with Crippen LogP contribution in [-0.2, 0) is 6.42 Å². The van der Waals surface area contributed by atoms with Crippen LogP contribution < -0.4 is 0 Å². The first kappa shape index (κ1) is 11.5. The number of fused-ring (bicyclic) bond motifs is 1. The summed E-state index contributed by atoms with van der Waals surface area (Å²) in [5.74, 6) is 0. The number of aliphatic hydroxyl groups is 1. The van der Waals surface area contributed by atoms with Gasteiger partial charge >= 0.3 is 0 Å². The number of hydrogen-bond acceptors (Lipinski definition) is 1. The Morgan fingerprint density at radius 1 is 1.00 bits per heavy atom. The van der Waals surface area contributed by atoms with E-state index >= 15 is 0 Å². The maximum absolute atomic E-state index is 9.99. The van der Waals surface area contributed by atoms with Crippen molar-refractivity contribution in [3.63, 3.8) is 0 Å². The SMILES string of the molecule is Cc1cccc(C)c1-c1cccc2c1CCC2O. The standard InChI is InChI=1S/C17H18O/c1-11-5-3-6-12(2)17(11)15-8-4-7-14-13(15)9-10-16(14)18/h3-8,16,18H,9-10H2,1-2H3. The van der Waals surface area contributed by atoms with Crippen LogP contribution in [0.15, 0.2) is 36.4 Å². The van der Waals surface area contributed by atoms with Gasteiger partial charge in [0.15, 0.2) is 0 Å². The summed E-state index contributed by atoms with van der Waals surface area (Å²) in [6.45, 7) is 4.32. The van der Waals surface area contributed by atoms with Crippen LogP contribution in [0.4, 0.5) is 0 Å². The lowest BCUT2D eigenvalue weighted by Gasteiger charge is -2.14. The number of rotatable bonds is 1. The molecule has 0 aliphatic heterocycles.